The lowest BCUT2D eigenvalue weighted by molar-refractivity contribution is 0.772. The predicted molar refractivity (Wildman–Crippen MR) is 95.8 cm³/mol. The van der Waals surface area contributed by atoms with Crippen LogP contribution in [0.2, 0.25) is 0 Å². The number of fused-ring (bicyclic) bond motifs is 3. The molecular weight excluding hydrogens is 252 g/mol. The van der Waals surface area contributed by atoms with Gasteiger partial charge in [-0.1, -0.05) is 102 Å². The molecule has 3 rings (SSSR count). The van der Waals surface area contributed by atoms with E-state index in [0.717, 1.165) is 6.42 Å². The molecule has 0 unspecified atom stereocenters. The zero-order valence-electron chi connectivity index (χ0n) is 14.2. The third-order valence-corrected chi connectivity index (χ3v) is 3.41. The van der Waals surface area contributed by atoms with Gasteiger partial charge in [0.25, 0.3) is 0 Å². The molecule has 2 aromatic rings. The number of rotatable bonds is 2. The van der Waals surface area contributed by atoms with Crippen LogP contribution in [0.25, 0.3) is 11.1 Å². The van der Waals surface area contributed by atoms with Crippen LogP contribution in [-0.2, 0) is 6.42 Å². The van der Waals surface area contributed by atoms with Crippen LogP contribution in [0.15, 0.2) is 48.5 Å². The lowest BCUT2D eigenvalue weighted by atomic mass is 10.1. The fourth-order valence-corrected chi connectivity index (χ4v) is 2.43. The number of benzene rings is 2. The van der Waals surface area contributed by atoms with E-state index in [0.29, 0.717) is 0 Å². The third-order valence-electron chi connectivity index (χ3n) is 3.41. The van der Waals surface area contributed by atoms with Gasteiger partial charge in [-0.15, -0.1) is 0 Å². The van der Waals surface area contributed by atoms with Crippen molar-refractivity contribution >= 4 is 0 Å². The van der Waals surface area contributed by atoms with E-state index in [1.54, 1.807) is 0 Å². The summed E-state index contributed by atoms with van der Waals surface area (Å²) in [5.41, 5.74) is 5.75. The van der Waals surface area contributed by atoms with Gasteiger partial charge in [-0.2, -0.15) is 0 Å². The fourth-order valence-electron chi connectivity index (χ4n) is 2.43. The second-order valence-electron chi connectivity index (χ2n) is 5.55. The van der Waals surface area contributed by atoms with Gasteiger partial charge >= 0.3 is 0 Å². The summed E-state index contributed by atoms with van der Waals surface area (Å²) in [5, 5.41) is 0. The maximum absolute atomic E-state index is 2.22. The molecule has 1 aliphatic rings. The number of hydrogen-bond acceptors (Lipinski definition) is 0. The first-order chi connectivity index (χ1) is 10.3. The molecule has 0 atom stereocenters. The first-order valence-corrected chi connectivity index (χ1v) is 8.44. The molecule has 0 bridgehead atoms. The van der Waals surface area contributed by atoms with E-state index in [2.05, 4.69) is 76.2 Å². The number of unbranched alkanes of at least 4 members (excludes halogenated alkanes) is 2. The summed E-state index contributed by atoms with van der Waals surface area (Å²) in [6.45, 7) is 8.67. The molecule has 21 heavy (non-hydrogen) atoms. The molecule has 0 N–H and O–H groups in total. The highest BCUT2D eigenvalue weighted by molar-refractivity contribution is 5.76. The van der Waals surface area contributed by atoms with Gasteiger partial charge in [-0.25, -0.2) is 0 Å². The zero-order chi connectivity index (χ0) is 15.5. The Bertz CT molecular complexity index is 465. The van der Waals surface area contributed by atoms with Crippen LogP contribution in [0, 0.1) is 0 Å². The summed E-state index contributed by atoms with van der Waals surface area (Å²) in [7, 11) is 0. The van der Waals surface area contributed by atoms with Gasteiger partial charge in [-0.3, -0.25) is 0 Å². The van der Waals surface area contributed by atoms with E-state index < -0.39 is 0 Å². The Morgan fingerprint density at radius 3 is 1.38 bits per heavy atom. The molecule has 0 aromatic heterocycles. The Balaban J connectivity index is 0.000000235. The maximum Gasteiger partial charge on any atom is -0.00135 e. The largest absolute Gasteiger partial charge is 0.0656 e. The topological polar surface area (TPSA) is 0 Å². The van der Waals surface area contributed by atoms with Gasteiger partial charge < -0.3 is 0 Å². The third kappa shape index (κ3) is 5.38. The summed E-state index contributed by atoms with van der Waals surface area (Å²) in [4.78, 5) is 0. The summed E-state index contributed by atoms with van der Waals surface area (Å²) in [6.07, 6.45) is 6.43. The second-order valence-corrected chi connectivity index (χ2v) is 5.55. The van der Waals surface area contributed by atoms with Crippen LogP contribution in [0.3, 0.4) is 0 Å². The Kier molecular flexibility index (Phi) is 8.50. The molecule has 0 spiro atoms. The normalized spacial score (nSPS) is 10.5. The van der Waals surface area contributed by atoms with Crippen LogP contribution in [0.5, 0.6) is 0 Å². The molecule has 2 aromatic carbocycles. The highest BCUT2D eigenvalue weighted by Crippen LogP contribution is 2.35. The van der Waals surface area contributed by atoms with E-state index in [4.69, 9.17) is 0 Å². The van der Waals surface area contributed by atoms with Gasteiger partial charge in [0.05, 0.1) is 0 Å². The van der Waals surface area contributed by atoms with Crippen molar-refractivity contribution in [2.24, 2.45) is 0 Å². The minimum atomic E-state index is 1.10. The molecular formula is C21H30. The molecule has 1 aliphatic carbocycles. The van der Waals surface area contributed by atoms with E-state index in [-0.39, 0.29) is 0 Å². The first kappa shape index (κ1) is 17.5. The predicted octanol–water partition coefficient (Wildman–Crippen LogP) is 6.87. The molecule has 0 heterocycles. The molecule has 0 amide bonds. The lowest BCUT2D eigenvalue weighted by Gasteiger charge is -1.98. The van der Waals surface area contributed by atoms with Crippen LogP contribution < -0.4 is 0 Å². The first-order valence-electron chi connectivity index (χ1n) is 8.44. The zero-order valence-corrected chi connectivity index (χ0v) is 14.2. The average Bonchev–Trinajstić information content (AvgIpc) is 2.88. The highest BCUT2D eigenvalue weighted by Gasteiger charge is 2.15. The maximum atomic E-state index is 2.22. The van der Waals surface area contributed by atoms with Gasteiger partial charge in [0.15, 0.2) is 0 Å². The molecule has 0 nitrogen and oxygen atoms in total. The quantitative estimate of drug-likeness (QED) is 0.481. The summed E-state index contributed by atoms with van der Waals surface area (Å²) >= 11 is 0. The van der Waals surface area contributed by atoms with Gasteiger partial charge in [0, 0.05) is 0 Å². The van der Waals surface area contributed by atoms with E-state index >= 15 is 0 Å². The van der Waals surface area contributed by atoms with Crippen molar-refractivity contribution in [3.8, 4) is 11.1 Å². The van der Waals surface area contributed by atoms with E-state index in [9.17, 15) is 0 Å². The van der Waals surface area contributed by atoms with Crippen molar-refractivity contribution in [3.05, 3.63) is 59.7 Å². The summed E-state index contributed by atoms with van der Waals surface area (Å²) in [5.74, 6) is 0. The van der Waals surface area contributed by atoms with Crippen molar-refractivity contribution < 1.29 is 0 Å². The molecule has 0 saturated carbocycles. The monoisotopic (exact) mass is 282 g/mol. The number of hydrogen-bond donors (Lipinski definition) is 0. The van der Waals surface area contributed by atoms with Gasteiger partial charge in [0.1, 0.15) is 0 Å². The van der Waals surface area contributed by atoms with Crippen molar-refractivity contribution in [2.75, 3.05) is 0 Å². The highest BCUT2D eigenvalue weighted by atomic mass is 14.2. The van der Waals surface area contributed by atoms with Crippen molar-refractivity contribution in [3.63, 3.8) is 0 Å². The van der Waals surface area contributed by atoms with E-state index in [1.807, 2.05) is 0 Å². The van der Waals surface area contributed by atoms with Crippen LogP contribution >= 0.6 is 0 Å². The molecule has 0 radical (unpaired) electrons. The second kappa shape index (κ2) is 10.2. The standard InChI is InChI=1S/C13H10.C5H12.C3H8/c1-3-7-12-10(5-1)9-11-6-2-4-8-13(11)12;1-3-5-4-2;1-3-2/h1-8H,9H2;3-5H2,1-2H3;3H2,1-2H3. The fraction of sp³-hybridized carbons (Fsp3) is 0.429. The Labute approximate surface area is 131 Å². The molecule has 0 heteroatoms. The molecule has 0 saturated heterocycles. The van der Waals surface area contributed by atoms with Crippen molar-refractivity contribution in [1.29, 1.82) is 0 Å². The smallest absolute Gasteiger partial charge is 0.00135 e. The van der Waals surface area contributed by atoms with E-state index in [1.165, 1.54) is 47.9 Å². The average molecular weight is 282 g/mol. The van der Waals surface area contributed by atoms with Crippen molar-refractivity contribution in [1.82, 2.24) is 0 Å². The van der Waals surface area contributed by atoms with Gasteiger partial charge in [-0.05, 0) is 28.7 Å². The lowest BCUT2D eigenvalue weighted by Crippen LogP contribution is -1.77. The van der Waals surface area contributed by atoms with Crippen LogP contribution in [-0.4, -0.2) is 0 Å². The van der Waals surface area contributed by atoms with Crippen molar-refractivity contribution in [2.45, 2.75) is 59.8 Å². The van der Waals surface area contributed by atoms with Gasteiger partial charge in [0.2, 0.25) is 0 Å². The minimum Gasteiger partial charge on any atom is -0.0656 e. The summed E-state index contributed by atoms with van der Waals surface area (Å²) in [6, 6.07) is 17.3. The minimum absolute atomic E-state index is 1.10. The molecule has 114 valence electrons. The SMILES string of the molecule is CCC.CCCCC.c1ccc2c(c1)Cc1ccccc1-2. The van der Waals surface area contributed by atoms with Crippen LogP contribution in [0.1, 0.15) is 64.5 Å². The Hall–Kier alpha value is -1.56. The summed E-state index contributed by atoms with van der Waals surface area (Å²) < 4.78 is 0. The van der Waals surface area contributed by atoms with Crippen LogP contribution in [0.4, 0.5) is 0 Å². The Morgan fingerprint density at radius 2 is 1.05 bits per heavy atom. The molecule has 0 fully saturated rings. The Morgan fingerprint density at radius 1 is 0.667 bits per heavy atom. The molecule has 0 aliphatic heterocycles.